The highest BCUT2D eigenvalue weighted by Crippen LogP contribution is 2.05. The van der Waals surface area contributed by atoms with E-state index in [2.05, 4.69) is 35.3 Å². The molecule has 0 spiro atoms. The Kier molecular flexibility index (Phi) is 7.76. The van der Waals surface area contributed by atoms with E-state index in [0.717, 1.165) is 26.2 Å². The number of hydrogen-bond donors (Lipinski definition) is 1. The number of ether oxygens (including phenoxy) is 1. The number of hydrogen-bond acceptors (Lipinski definition) is 2. The zero-order chi connectivity index (χ0) is 12.3. The second kappa shape index (κ2) is 9.25. The van der Waals surface area contributed by atoms with Gasteiger partial charge in [0.2, 0.25) is 0 Å². The summed E-state index contributed by atoms with van der Waals surface area (Å²) in [5.41, 5.74) is 1.36. The fourth-order valence-corrected chi connectivity index (χ4v) is 1.86. The van der Waals surface area contributed by atoms with Crippen LogP contribution in [0.3, 0.4) is 0 Å². The molecule has 0 bridgehead atoms. The molecule has 0 aliphatic heterocycles. The lowest BCUT2D eigenvalue weighted by molar-refractivity contribution is 0.199. The van der Waals surface area contributed by atoms with Crippen molar-refractivity contribution in [3.05, 3.63) is 24.0 Å². The average Bonchev–Trinajstić information content (AvgIpc) is 2.78. The first-order valence-corrected chi connectivity index (χ1v) is 6.71. The Hall–Kier alpha value is -0.800. The van der Waals surface area contributed by atoms with Gasteiger partial charge in [-0.3, -0.25) is 0 Å². The SMILES string of the molecule is CCCCCCn1ccc(CNCCOC)c1. The fraction of sp³-hybridized carbons (Fsp3) is 0.714. The van der Waals surface area contributed by atoms with Gasteiger partial charge in [-0.25, -0.2) is 0 Å². The topological polar surface area (TPSA) is 26.2 Å². The highest BCUT2D eigenvalue weighted by atomic mass is 16.5. The van der Waals surface area contributed by atoms with Gasteiger partial charge in [0.1, 0.15) is 0 Å². The van der Waals surface area contributed by atoms with E-state index in [0.29, 0.717) is 0 Å². The van der Waals surface area contributed by atoms with Crippen LogP contribution in [0.25, 0.3) is 0 Å². The molecule has 0 radical (unpaired) electrons. The molecule has 0 saturated heterocycles. The van der Waals surface area contributed by atoms with Crippen molar-refractivity contribution < 1.29 is 4.74 Å². The molecule has 0 unspecified atom stereocenters. The van der Waals surface area contributed by atoms with Crippen LogP contribution in [0.15, 0.2) is 18.5 Å². The summed E-state index contributed by atoms with van der Waals surface area (Å²) in [4.78, 5) is 0. The van der Waals surface area contributed by atoms with E-state index < -0.39 is 0 Å². The standard InChI is InChI=1S/C14H26N2O/c1-3-4-5-6-9-16-10-7-14(13-16)12-15-8-11-17-2/h7,10,13,15H,3-6,8-9,11-12H2,1-2H3. The molecule has 1 N–H and O–H groups in total. The molecule has 17 heavy (non-hydrogen) atoms. The maximum atomic E-state index is 4.99. The zero-order valence-electron chi connectivity index (χ0n) is 11.2. The molecule has 0 aromatic carbocycles. The van der Waals surface area contributed by atoms with Crippen molar-refractivity contribution in [1.82, 2.24) is 9.88 Å². The third-order valence-electron chi connectivity index (χ3n) is 2.89. The average molecular weight is 238 g/mol. The molecule has 3 heteroatoms. The molecule has 1 aromatic heterocycles. The molecule has 98 valence electrons. The van der Waals surface area contributed by atoms with Crippen LogP contribution >= 0.6 is 0 Å². The minimum absolute atomic E-state index is 0.776. The second-order valence-electron chi connectivity index (χ2n) is 4.49. The van der Waals surface area contributed by atoms with E-state index in [1.165, 1.54) is 31.2 Å². The fourth-order valence-electron chi connectivity index (χ4n) is 1.86. The van der Waals surface area contributed by atoms with Gasteiger partial charge in [0.05, 0.1) is 6.61 Å². The molecule has 0 saturated carbocycles. The van der Waals surface area contributed by atoms with Gasteiger partial charge in [-0.1, -0.05) is 26.2 Å². The van der Waals surface area contributed by atoms with Crippen LogP contribution in [-0.4, -0.2) is 24.8 Å². The minimum atomic E-state index is 0.776. The smallest absolute Gasteiger partial charge is 0.0587 e. The van der Waals surface area contributed by atoms with Crippen molar-refractivity contribution in [2.24, 2.45) is 0 Å². The normalized spacial score (nSPS) is 10.9. The van der Waals surface area contributed by atoms with Crippen molar-refractivity contribution in [3.8, 4) is 0 Å². The highest BCUT2D eigenvalue weighted by Gasteiger charge is 1.96. The molecule has 3 nitrogen and oxygen atoms in total. The van der Waals surface area contributed by atoms with Crippen LogP contribution in [0.2, 0.25) is 0 Å². The van der Waals surface area contributed by atoms with Gasteiger partial charge in [-0.15, -0.1) is 0 Å². The van der Waals surface area contributed by atoms with Gasteiger partial charge in [0.25, 0.3) is 0 Å². The lowest BCUT2D eigenvalue weighted by Gasteiger charge is -2.03. The van der Waals surface area contributed by atoms with E-state index in [4.69, 9.17) is 4.74 Å². The Morgan fingerprint density at radius 3 is 2.94 bits per heavy atom. The molecule has 0 aliphatic carbocycles. The van der Waals surface area contributed by atoms with Crippen LogP contribution in [0.4, 0.5) is 0 Å². The van der Waals surface area contributed by atoms with Gasteiger partial charge in [0, 0.05) is 39.1 Å². The summed E-state index contributed by atoms with van der Waals surface area (Å²) in [6.45, 7) is 6.03. The maximum Gasteiger partial charge on any atom is 0.0587 e. The maximum absolute atomic E-state index is 4.99. The van der Waals surface area contributed by atoms with Gasteiger partial charge in [-0.05, 0) is 18.1 Å². The second-order valence-corrected chi connectivity index (χ2v) is 4.49. The molecular weight excluding hydrogens is 212 g/mol. The Labute approximate surface area is 105 Å². The van der Waals surface area contributed by atoms with E-state index in [9.17, 15) is 0 Å². The predicted molar refractivity (Wildman–Crippen MR) is 72.2 cm³/mol. The van der Waals surface area contributed by atoms with Gasteiger partial charge >= 0.3 is 0 Å². The number of rotatable bonds is 10. The van der Waals surface area contributed by atoms with Gasteiger partial charge in [0.15, 0.2) is 0 Å². The first kappa shape index (κ1) is 14.3. The summed E-state index contributed by atoms with van der Waals surface area (Å²) in [5, 5.41) is 3.35. The first-order chi connectivity index (χ1) is 8.36. The predicted octanol–water partition coefficient (Wildman–Crippen LogP) is 2.80. The Morgan fingerprint density at radius 2 is 2.18 bits per heavy atom. The van der Waals surface area contributed by atoms with Gasteiger partial charge < -0.3 is 14.6 Å². The van der Waals surface area contributed by atoms with E-state index in [1.807, 2.05) is 0 Å². The van der Waals surface area contributed by atoms with Crippen LogP contribution in [0, 0.1) is 0 Å². The molecular formula is C14H26N2O. The van der Waals surface area contributed by atoms with E-state index in [-0.39, 0.29) is 0 Å². The lowest BCUT2D eigenvalue weighted by atomic mass is 10.2. The molecule has 1 heterocycles. The van der Waals surface area contributed by atoms with Crippen LogP contribution in [-0.2, 0) is 17.8 Å². The van der Waals surface area contributed by atoms with Crippen molar-refractivity contribution >= 4 is 0 Å². The Balaban J connectivity index is 2.14. The summed E-state index contributed by atoms with van der Waals surface area (Å²) >= 11 is 0. The lowest BCUT2D eigenvalue weighted by Crippen LogP contribution is -2.18. The summed E-state index contributed by atoms with van der Waals surface area (Å²) in [7, 11) is 1.73. The Bertz CT molecular complexity index is 257. The van der Waals surface area contributed by atoms with Crippen LogP contribution in [0.1, 0.15) is 38.2 Å². The molecule has 0 aliphatic rings. The number of unbranched alkanes of at least 4 members (excludes halogenated alkanes) is 3. The van der Waals surface area contributed by atoms with Crippen molar-refractivity contribution in [1.29, 1.82) is 0 Å². The largest absolute Gasteiger partial charge is 0.383 e. The number of nitrogens with zero attached hydrogens (tertiary/aromatic N) is 1. The van der Waals surface area contributed by atoms with Crippen LogP contribution in [0.5, 0.6) is 0 Å². The third-order valence-corrected chi connectivity index (χ3v) is 2.89. The van der Waals surface area contributed by atoms with Crippen molar-refractivity contribution in [2.75, 3.05) is 20.3 Å². The molecule has 1 rings (SSSR count). The molecule has 0 fully saturated rings. The zero-order valence-corrected chi connectivity index (χ0v) is 11.2. The molecule has 0 atom stereocenters. The minimum Gasteiger partial charge on any atom is -0.383 e. The number of aryl methyl sites for hydroxylation is 1. The summed E-state index contributed by atoms with van der Waals surface area (Å²) < 4.78 is 7.29. The molecule has 0 amide bonds. The van der Waals surface area contributed by atoms with Crippen LogP contribution < -0.4 is 5.32 Å². The summed E-state index contributed by atoms with van der Waals surface area (Å²) in [6.07, 6.45) is 9.72. The highest BCUT2D eigenvalue weighted by molar-refractivity contribution is 5.09. The van der Waals surface area contributed by atoms with Crippen molar-refractivity contribution in [2.45, 2.75) is 45.7 Å². The Morgan fingerprint density at radius 1 is 1.29 bits per heavy atom. The van der Waals surface area contributed by atoms with E-state index in [1.54, 1.807) is 7.11 Å². The quantitative estimate of drug-likeness (QED) is 0.634. The summed E-state index contributed by atoms with van der Waals surface area (Å²) in [5.74, 6) is 0. The monoisotopic (exact) mass is 238 g/mol. The van der Waals surface area contributed by atoms with E-state index >= 15 is 0 Å². The number of methoxy groups -OCH3 is 1. The first-order valence-electron chi connectivity index (χ1n) is 6.71. The number of aromatic nitrogens is 1. The van der Waals surface area contributed by atoms with Crippen molar-refractivity contribution in [3.63, 3.8) is 0 Å². The molecule has 1 aromatic rings. The third kappa shape index (κ3) is 6.49. The summed E-state index contributed by atoms with van der Waals surface area (Å²) in [6, 6.07) is 2.19. The number of nitrogens with one attached hydrogen (secondary N) is 1. The van der Waals surface area contributed by atoms with Gasteiger partial charge in [-0.2, -0.15) is 0 Å².